The van der Waals surface area contributed by atoms with Crippen molar-refractivity contribution in [2.45, 2.75) is 31.2 Å². The normalized spacial score (nSPS) is 19.3. The van der Waals surface area contributed by atoms with Gasteiger partial charge in [-0.3, -0.25) is 4.79 Å². The van der Waals surface area contributed by atoms with E-state index in [0.717, 1.165) is 12.8 Å². The van der Waals surface area contributed by atoms with Crippen molar-refractivity contribution in [1.29, 1.82) is 0 Å². The second kappa shape index (κ2) is 5.21. The Labute approximate surface area is 93.1 Å². The molecular weight excluding hydrogens is 214 g/mol. The number of carboxylic acid groups (broad SMARTS) is 1. The molecular formula is C10H15NO3S. The van der Waals surface area contributed by atoms with E-state index in [4.69, 9.17) is 5.11 Å². The van der Waals surface area contributed by atoms with E-state index in [0.29, 0.717) is 12.8 Å². The molecule has 0 radical (unpaired) electrons. The minimum Gasteiger partial charge on any atom is -0.480 e. The van der Waals surface area contributed by atoms with Crippen molar-refractivity contribution in [1.82, 2.24) is 5.32 Å². The van der Waals surface area contributed by atoms with E-state index >= 15 is 0 Å². The van der Waals surface area contributed by atoms with Crippen molar-refractivity contribution in [3.8, 4) is 0 Å². The summed E-state index contributed by atoms with van der Waals surface area (Å²) in [6.07, 6.45) is 5.99. The molecule has 5 heteroatoms. The van der Waals surface area contributed by atoms with Crippen LogP contribution in [0, 0.1) is 0 Å². The molecule has 1 saturated carbocycles. The van der Waals surface area contributed by atoms with Crippen LogP contribution in [-0.4, -0.2) is 28.8 Å². The molecule has 1 aliphatic carbocycles. The van der Waals surface area contributed by atoms with Gasteiger partial charge in [0.05, 0.1) is 0 Å². The highest BCUT2D eigenvalue weighted by molar-refractivity contribution is 8.01. The summed E-state index contributed by atoms with van der Waals surface area (Å²) >= 11 is 1.41. The molecule has 84 valence electrons. The fourth-order valence-corrected chi connectivity index (χ4v) is 2.04. The number of aliphatic carboxylic acids is 1. The van der Waals surface area contributed by atoms with E-state index in [9.17, 15) is 9.59 Å². The Morgan fingerprint density at radius 1 is 1.40 bits per heavy atom. The van der Waals surface area contributed by atoms with E-state index in [2.05, 4.69) is 5.32 Å². The lowest BCUT2D eigenvalue weighted by Crippen LogP contribution is -2.52. The van der Waals surface area contributed by atoms with E-state index in [1.165, 1.54) is 17.8 Å². The van der Waals surface area contributed by atoms with Crippen LogP contribution in [0.2, 0.25) is 0 Å². The molecule has 0 unspecified atom stereocenters. The fraction of sp³-hybridized carbons (Fsp3) is 0.600. The molecule has 1 amide bonds. The first-order valence-electron chi connectivity index (χ1n) is 4.85. The number of carbonyl (C=O) groups is 2. The number of thioether (sulfide) groups is 1. The molecule has 0 spiro atoms. The monoisotopic (exact) mass is 229 g/mol. The van der Waals surface area contributed by atoms with Crippen LogP contribution in [0.5, 0.6) is 0 Å². The Morgan fingerprint density at radius 3 is 2.47 bits per heavy atom. The largest absolute Gasteiger partial charge is 0.480 e. The van der Waals surface area contributed by atoms with Crippen molar-refractivity contribution in [3.05, 3.63) is 11.5 Å². The number of hydrogen-bond donors (Lipinski definition) is 2. The Bertz CT molecular complexity index is 282. The van der Waals surface area contributed by atoms with Crippen molar-refractivity contribution in [2.75, 3.05) is 6.26 Å². The Kier molecular flexibility index (Phi) is 4.20. The fourth-order valence-electron chi connectivity index (χ4n) is 1.78. The maximum atomic E-state index is 11.4. The van der Waals surface area contributed by atoms with Gasteiger partial charge in [0.1, 0.15) is 5.54 Å². The first kappa shape index (κ1) is 12.1. The lowest BCUT2D eigenvalue weighted by Gasteiger charge is -2.24. The molecule has 1 fully saturated rings. The second-order valence-corrected chi connectivity index (χ2v) is 4.37. The van der Waals surface area contributed by atoms with Gasteiger partial charge in [0.2, 0.25) is 5.91 Å². The first-order valence-corrected chi connectivity index (χ1v) is 6.14. The SMILES string of the molecule is CS/C=C/C(=O)NC1(C(=O)O)CCCC1. The van der Waals surface area contributed by atoms with Crippen LogP contribution in [0.25, 0.3) is 0 Å². The van der Waals surface area contributed by atoms with Gasteiger partial charge in [-0.1, -0.05) is 12.8 Å². The third kappa shape index (κ3) is 2.99. The zero-order valence-corrected chi connectivity index (χ0v) is 9.47. The minimum absolute atomic E-state index is 0.325. The number of hydrogen-bond acceptors (Lipinski definition) is 3. The highest BCUT2D eigenvalue weighted by Crippen LogP contribution is 2.29. The summed E-state index contributed by atoms with van der Waals surface area (Å²) < 4.78 is 0. The molecule has 2 N–H and O–H groups in total. The molecule has 4 nitrogen and oxygen atoms in total. The van der Waals surface area contributed by atoms with Crippen molar-refractivity contribution in [3.63, 3.8) is 0 Å². The van der Waals surface area contributed by atoms with Crippen LogP contribution in [-0.2, 0) is 9.59 Å². The van der Waals surface area contributed by atoms with Crippen molar-refractivity contribution in [2.24, 2.45) is 0 Å². The number of nitrogens with one attached hydrogen (secondary N) is 1. The Hall–Kier alpha value is -0.970. The highest BCUT2D eigenvalue weighted by atomic mass is 32.2. The predicted molar refractivity (Wildman–Crippen MR) is 59.6 cm³/mol. The van der Waals surface area contributed by atoms with Crippen molar-refractivity contribution < 1.29 is 14.7 Å². The van der Waals surface area contributed by atoms with Gasteiger partial charge in [-0.25, -0.2) is 4.79 Å². The van der Waals surface area contributed by atoms with Gasteiger partial charge in [-0.05, 0) is 24.5 Å². The van der Waals surface area contributed by atoms with Gasteiger partial charge >= 0.3 is 5.97 Å². The number of carbonyl (C=O) groups excluding carboxylic acids is 1. The summed E-state index contributed by atoms with van der Waals surface area (Å²) in [6, 6.07) is 0. The molecule has 0 bridgehead atoms. The summed E-state index contributed by atoms with van der Waals surface area (Å²) in [7, 11) is 0. The zero-order valence-electron chi connectivity index (χ0n) is 8.66. The van der Waals surface area contributed by atoms with E-state index < -0.39 is 11.5 Å². The minimum atomic E-state index is -1.03. The smallest absolute Gasteiger partial charge is 0.329 e. The quantitative estimate of drug-likeness (QED) is 0.715. The number of rotatable bonds is 4. The van der Waals surface area contributed by atoms with Crippen LogP contribution in [0.3, 0.4) is 0 Å². The average molecular weight is 229 g/mol. The maximum Gasteiger partial charge on any atom is 0.329 e. The zero-order chi connectivity index (χ0) is 11.3. The molecule has 0 atom stereocenters. The van der Waals surface area contributed by atoms with Gasteiger partial charge in [0.25, 0.3) is 0 Å². The Balaban J connectivity index is 2.63. The summed E-state index contributed by atoms with van der Waals surface area (Å²) in [6.45, 7) is 0. The number of amides is 1. The van der Waals surface area contributed by atoms with Crippen LogP contribution in [0.4, 0.5) is 0 Å². The standard InChI is InChI=1S/C10H15NO3S/c1-15-7-4-8(12)11-10(9(13)14)5-2-3-6-10/h4,7H,2-3,5-6H2,1H3,(H,11,12)(H,13,14)/b7-4+. The van der Waals surface area contributed by atoms with E-state index in [1.54, 1.807) is 5.41 Å². The van der Waals surface area contributed by atoms with Gasteiger partial charge in [0.15, 0.2) is 0 Å². The summed E-state index contributed by atoms with van der Waals surface area (Å²) in [5, 5.41) is 13.3. The van der Waals surface area contributed by atoms with Gasteiger partial charge in [-0.2, -0.15) is 0 Å². The molecule has 15 heavy (non-hydrogen) atoms. The third-order valence-corrected chi connectivity index (χ3v) is 2.99. The van der Waals surface area contributed by atoms with Crippen LogP contribution in [0.1, 0.15) is 25.7 Å². The number of carboxylic acids is 1. The molecule has 0 aromatic carbocycles. The topological polar surface area (TPSA) is 66.4 Å². The Morgan fingerprint density at radius 2 is 2.00 bits per heavy atom. The molecule has 1 aliphatic rings. The van der Waals surface area contributed by atoms with Gasteiger partial charge < -0.3 is 10.4 Å². The third-order valence-electron chi connectivity index (χ3n) is 2.58. The first-order chi connectivity index (χ1) is 7.10. The van der Waals surface area contributed by atoms with Crippen LogP contribution >= 0.6 is 11.8 Å². The molecule has 0 heterocycles. The van der Waals surface area contributed by atoms with Crippen LogP contribution in [0.15, 0.2) is 11.5 Å². The average Bonchev–Trinajstić information content (AvgIpc) is 2.64. The molecule has 0 aromatic rings. The maximum absolute atomic E-state index is 11.4. The predicted octanol–water partition coefficient (Wildman–Crippen LogP) is 1.38. The lowest BCUT2D eigenvalue weighted by atomic mass is 9.98. The van der Waals surface area contributed by atoms with Crippen molar-refractivity contribution >= 4 is 23.6 Å². The van der Waals surface area contributed by atoms with Gasteiger partial charge in [0, 0.05) is 6.08 Å². The summed E-state index contributed by atoms with van der Waals surface area (Å²) in [5.74, 6) is -1.25. The summed E-state index contributed by atoms with van der Waals surface area (Å²) in [4.78, 5) is 22.5. The molecule has 0 saturated heterocycles. The highest BCUT2D eigenvalue weighted by Gasteiger charge is 2.42. The lowest BCUT2D eigenvalue weighted by molar-refractivity contribution is -0.146. The molecule has 1 rings (SSSR count). The van der Waals surface area contributed by atoms with Gasteiger partial charge in [-0.15, -0.1) is 11.8 Å². The van der Waals surface area contributed by atoms with Crippen LogP contribution < -0.4 is 5.32 Å². The molecule has 0 aromatic heterocycles. The second-order valence-electron chi connectivity index (χ2n) is 3.62. The van der Waals surface area contributed by atoms with E-state index in [-0.39, 0.29) is 5.91 Å². The summed E-state index contributed by atoms with van der Waals surface area (Å²) in [5.41, 5.74) is -1.03. The molecule has 0 aliphatic heterocycles. The van der Waals surface area contributed by atoms with E-state index in [1.807, 2.05) is 6.26 Å².